The number of anilines is 1. The van der Waals surface area contributed by atoms with Crippen LogP contribution in [0.4, 0.5) is 5.69 Å². The van der Waals surface area contributed by atoms with Gasteiger partial charge >= 0.3 is 0 Å². The molecular formula is C20H20N2O2. The van der Waals surface area contributed by atoms with Crippen LogP contribution in [-0.4, -0.2) is 11.1 Å². The Hall–Kier alpha value is -2.88. The van der Waals surface area contributed by atoms with Crippen molar-refractivity contribution < 1.29 is 9.32 Å². The maximum atomic E-state index is 12.7. The lowest BCUT2D eigenvalue weighted by Crippen LogP contribution is -2.13. The molecule has 1 aromatic heterocycles. The molecule has 0 aliphatic rings. The minimum absolute atomic E-state index is 0.214. The molecule has 0 aliphatic heterocycles. The lowest BCUT2D eigenvalue weighted by molar-refractivity contribution is 0.102. The van der Waals surface area contributed by atoms with E-state index in [4.69, 9.17) is 4.52 Å². The fourth-order valence-electron chi connectivity index (χ4n) is 2.56. The Morgan fingerprint density at radius 3 is 2.33 bits per heavy atom. The molecule has 4 nitrogen and oxygen atoms in total. The van der Waals surface area contributed by atoms with Crippen LogP contribution in [0.3, 0.4) is 0 Å². The molecule has 1 N–H and O–H groups in total. The van der Waals surface area contributed by atoms with Gasteiger partial charge in [-0.05, 0) is 38.0 Å². The summed E-state index contributed by atoms with van der Waals surface area (Å²) in [6.45, 7) is 5.89. The zero-order valence-electron chi connectivity index (χ0n) is 14.1. The molecule has 0 unspecified atom stereocenters. The summed E-state index contributed by atoms with van der Waals surface area (Å²) in [7, 11) is 0. The van der Waals surface area contributed by atoms with Crippen LogP contribution in [-0.2, 0) is 6.42 Å². The lowest BCUT2D eigenvalue weighted by Gasteiger charge is -2.07. The highest BCUT2D eigenvalue weighted by atomic mass is 16.5. The van der Waals surface area contributed by atoms with Gasteiger partial charge in [-0.3, -0.25) is 4.79 Å². The number of hydrogen-bond acceptors (Lipinski definition) is 3. The largest absolute Gasteiger partial charge is 0.355 e. The van der Waals surface area contributed by atoms with Crippen molar-refractivity contribution in [1.29, 1.82) is 0 Å². The van der Waals surface area contributed by atoms with Crippen LogP contribution in [0, 0.1) is 13.8 Å². The molecule has 3 aromatic rings. The van der Waals surface area contributed by atoms with E-state index in [1.54, 1.807) is 6.92 Å². The third-order valence-electron chi connectivity index (χ3n) is 4.02. The summed E-state index contributed by atoms with van der Waals surface area (Å²) in [5, 5.41) is 6.89. The molecule has 1 amide bonds. The second-order valence-electron chi connectivity index (χ2n) is 5.84. The predicted octanol–water partition coefficient (Wildman–Crippen LogP) is 4.77. The van der Waals surface area contributed by atoms with E-state index in [-0.39, 0.29) is 5.91 Å². The Morgan fingerprint density at radius 2 is 1.71 bits per heavy atom. The molecule has 1 heterocycles. The van der Waals surface area contributed by atoms with Crippen LogP contribution in [0.25, 0.3) is 11.3 Å². The minimum Gasteiger partial charge on any atom is -0.355 e. The second-order valence-corrected chi connectivity index (χ2v) is 5.84. The summed E-state index contributed by atoms with van der Waals surface area (Å²) in [5.74, 6) is 0.281. The topological polar surface area (TPSA) is 55.1 Å². The monoisotopic (exact) mass is 320 g/mol. The van der Waals surface area contributed by atoms with E-state index in [1.807, 2.05) is 55.5 Å². The fourth-order valence-corrected chi connectivity index (χ4v) is 2.56. The Kier molecular flexibility index (Phi) is 4.47. The number of nitrogens with one attached hydrogen (secondary N) is 1. The summed E-state index contributed by atoms with van der Waals surface area (Å²) in [6.07, 6.45) is 0.969. The Balaban J connectivity index is 1.89. The van der Waals surface area contributed by atoms with Gasteiger partial charge in [-0.2, -0.15) is 0 Å². The van der Waals surface area contributed by atoms with Crippen molar-refractivity contribution >= 4 is 11.6 Å². The average molecular weight is 320 g/mol. The van der Waals surface area contributed by atoms with Crippen molar-refractivity contribution in [2.24, 2.45) is 0 Å². The number of carbonyl (C=O) groups excluding carboxylic acids is 1. The maximum absolute atomic E-state index is 12.7. The van der Waals surface area contributed by atoms with E-state index in [0.29, 0.717) is 17.0 Å². The molecule has 3 rings (SSSR count). The van der Waals surface area contributed by atoms with E-state index >= 15 is 0 Å². The van der Waals surface area contributed by atoms with E-state index in [1.165, 1.54) is 5.56 Å². The summed E-state index contributed by atoms with van der Waals surface area (Å²) in [4.78, 5) is 12.7. The van der Waals surface area contributed by atoms with Gasteiger partial charge in [-0.1, -0.05) is 54.0 Å². The summed E-state index contributed by atoms with van der Waals surface area (Å²) < 4.78 is 5.41. The van der Waals surface area contributed by atoms with Crippen LogP contribution in [0.5, 0.6) is 0 Å². The number of carbonyl (C=O) groups is 1. The number of nitrogens with zero attached hydrogens (tertiary/aromatic N) is 1. The number of benzene rings is 2. The molecule has 0 radical (unpaired) electrons. The SMILES string of the molecule is CCc1ccc(NC(=O)c2c(C)noc2-c2ccc(C)cc2)cc1. The Labute approximate surface area is 141 Å². The molecule has 0 atom stereocenters. The summed E-state index contributed by atoms with van der Waals surface area (Å²) >= 11 is 0. The van der Waals surface area contributed by atoms with E-state index < -0.39 is 0 Å². The van der Waals surface area contributed by atoms with Gasteiger partial charge in [0.05, 0.1) is 5.69 Å². The quantitative estimate of drug-likeness (QED) is 0.753. The lowest BCUT2D eigenvalue weighted by atomic mass is 10.0. The first-order valence-corrected chi connectivity index (χ1v) is 8.02. The van der Waals surface area contributed by atoms with Crippen LogP contribution < -0.4 is 5.32 Å². The van der Waals surface area contributed by atoms with E-state index in [2.05, 4.69) is 17.4 Å². The maximum Gasteiger partial charge on any atom is 0.261 e. The molecule has 2 aromatic carbocycles. The summed E-state index contributed by atoms with van der Waals surface area (Å²) in [6, 6.07) is 15.7. The normalized spacial score (nSPS) is 10.6. The van der Waals surface area contributed by atoms with Gasteiger partial charge in [0.1, 0.15) is 5.56 Å². The standard InChI is InChI=1S/C20H20N2O2/c1-4-15-7-11-17(12-8-15)21-20(23)18-14(3)22-24-19(18)16-9-5-13(2)6-10-16/h5-12H,4H2,1-3H3,(H,21,23). The molecule has 24 heavy (non-hydrogen) atoms. The zero-order chi connectivity index (χ0) is 17.1. The van der Waals surface area contributed by atoms with Gasteiger partial charge in [0, 0.05) is 11.3 Å². The molecule has 0 fully saturated rings. The molecule has 0 bridgehead atoms. The highest BCUT2D eigenvalue weighted by Gasteiger charge is 2.21. The van der Waals surface area contributed by atoms with Gasteiger partial charge in [-0.25, -0.2) is 0 Å². The first kappa shape index (κ1) is 16.0. The molecule has 0 spiro atoms. The molecular weight excluding hydrogens is 300 g/mol. The zero-order valence-corrected chi connectivity index (χ0v) is 14.1. The third kappa shape index (κ3) is 3.23. The number of rotatable bonds is 4. The van der Waals surface area contributed by atoms with Crippen molar-refractivity contribution in [2.45, 2.75) is 27.2 Å². The smallest absolute Gasteiger partial charge is 0.261 e. The highest BCUT2D eigenvalue weighted by molar-refractivity contribution is 6.08. The number of amides is 1. The van der Waals surface area contributed by atoms with E-state index in [0.717, 1.165) is 23.2 Å². The van der Waals surface area contributed by atoms with Gasteiger partial charge in [0.25, 0.3) is 5.91 Å². The van der Waals surface area contributed by atoms with Gasteiger partial charge in [-0.15, -0.1) is 0 Å². The molecule has 0 aliphatic carbocycles. The summed E-state index contributed by atoms with van der Waals surface area (Å²) in [5.41, 5.74) is 5.03. The third-order valence-corrected chi connectivity index (χ3v) is 4.02. The number of aromatic nitrogens is 1. The number of aryl methyl sites for hydroxylation is 3. The van der Waals surface area contributed by atoms with Crippen molar-refractivity contribution in [3.63, 3.8) is 0 Å². The molecule has 4 heteroatoms. The molecule has 0 saturated heterocycles. The first-order valence-electron chi connectivity index (χ1n) is 8.02. The van der Waals surface area contributed by atoms with Gasteiger partial charge in [0.15, 0.2) is 5.76 Å². The fraction of sp³-hybridized carbons (Fsp3) is 0.200. The Bertz CT molecular complexity index is 846. The molecule has 0 saturated carbocycles. The van der Waals surface area contributed by atoms with Crippen LogP contribution >= 0.6 is 0 Å². The van der Waals surface area contributed by atoms with Crippen LogP contribution in [0.1, 0.15) is 34.1 Å². The molecule has 122 valence electrons. The van der Waals surface area contributed by atoms with Crippen molar-refractivity contribution in [3.05, 3.63) is 70.9 Å². The predicted molar refractivity (Wildman–Crippen MR) is 95.2 cm³/mol. The number of hydrogen-bond donors (Lipinski definition) is 1. The highest BCUT2D eigenvalue weighted by Crippen LogP contribution is 2.27. The van der Waals surface area contributed by atoms with Gasteiger partial charge < -0.3 is 9.84 Å². The van der Waals surface area contributed by atoms with Crippen molar-refractivity contribution in [1.82, 2.24) is 5.16 Å². The Morgan fingerprint density at radius 1 is 1.04 bits per heavy atom. The van der Waals surface area contributed by atoms with Gasteiger partial charge in [0.2, 0.25) is 0 Å². The second kappa shape index (κ2) is 6.71. The first-order chi connectivity index (χ1) is 11.6. The average Bonchev–Trinajstić information content (AvgIpc) is 2.98. The minimum atomic E-state index is -0.214. The van der Waals surface area contributed by atoms with Crippen LogP contribution in [0.15, 0.2) is 53.1 Å². The van der Waals surface area contributed by atoms with Crippen LogP contribution in [0.2, 0.25) is 0 Å². The van der Waals surface area contributed by atoms with E-state index in [9.17, 15) is 4.79 Å². The van der Waals surface area contributed by atoms with Crippen molar-refractivity contribution in [3.8, 4) is 11.3 Å². The van der Waals surface area contributed by atoms with Crippen molar-refractivity contribution in [2.75, 3.05) is 5.32 Å².